The van der Waals surface area contributed by atoms with Gasteiger partial charge in [-0.3, -0.25) is 9.69 Å². The number of nitrogens with zero attached hydrogens (tertiary/aromatic N) is 2. The monoisotopic (exact) mass is 355 g/mol. The number of likely N-dealkylation sites (tertiary alicyclic amines) is 1. The Kier molecular flexibility index (Phi) is 10.6. The van der Waals surface area contributed by atoms with E-state index in [1.54, 1.807) is 0 Å². The summed E-state index contributed by atoms with van der Waals surface area (Å²) in [6, 6.07) is -0.350. The SMILES string of the molecule is CC(C)[C@H](N)C(=O)N1CCCC(CN2CCOCC2)C1.Cl.Cl. The standard InChI is InChI=1S/C15H29N3O2.2ClH/c1-12(2)14(16)15(19)18-5-3-4-13(11-18)10-17-6-8-20-9-7-17;;/h12-14H,3-11,16H2,1-2H3;2*1H/t13?,14-;;/m0../s1. The van der Waals surface area contributed by atoms with Crippen LogP contribution in [0.15, 0.2) is 0 Å². The maximum atomic E-state index is 12.3. The Morgan fingerprint density at radius 3 is 2.45 bits per heavy atom. The highest BCUT2D eigenvalue weighted by molar-refractivity contribution is 5.85. The highest BCUT2D eigenvalue weighted by Gasteiger charge is 2.29. The van der Waals surface area contributed by atoms with E-state index in [4.69, 9.17) is 10.5 Å². The number of hydrogen-bond donors (Lipinski definition) is 1. The van der Waals surface area contributed by atoms with Crippen LogP contribution >= 0.6 is 24.8 Å². The van der Waals surface area contributed by atoms with E-state index in [-0.39, 0.29) is 42.7 Å². The molecule has 1 unspecified atom stereocenters. The van der Waals surface area contributed by atoms with Gasteiger partial charge in [0.15, 0.2) is 0 Å². The van der Waals surface area contributed by atoms with Crippen LogP contribution < -0.4 is 5.73 Å². The maximum Gasteiger partial charge on any atom is 0.239 e. The number of piperidine rings is 1. The topological polar surface area (TPSA) is 58.8 Å². The second-order valence-corrected chi connectivity index (χ2v) is 6.48. The summed E-state index contributed by atoms with van der Waals surface area (Å²) in [6.45, 7) is 10.6. The molecule has 2 fully saturated rings. The van der Waals surface area contributed by atoms with Crippen molar-refractivity contribution in [3.05, 3.63) is 0 Å². The molecule has 0 radical (unpaired) electrons. The Morgan fingerprint density at radius 1 is 1.23 bits per heavy atom. The Hall–Kier alpha value is -0.0700. The fourth-order valence-electron chi connectivity index (χ4n) is 3.06. The molecule has 1 amide bonds. The van der Waals surface area contributed by atoms with Crippen LogP contribution in [0, 0.1) is 11.8 Å². The highest BCUT2D eigenvalue weighted by Crippen LogP contribution is 2.19. The van der Waals surface area contributed by atoms with Gasteiger partial charge in [-0.2, -0.15) is 0 Å². The zero-order valence-corrected chi connectivity index (χ0v) is 15.3. The zero-order chi connectivity index (χ0) is 14.5. The van der Waals surface area contributed by atoms with Crippen LogP contribution in [0.4, 0.5) is 0 Å². The predicted octanol–water partition coefficient (Wildman–Crippen LogP) is 1.38. The van der Waals surface area contributed by atoms with Gasteiger partial charge in [0, 0.05) is 32.7 Å². The van der Waals surface area contributed by atoms with Crippen LogP contribution in [0.1, 0.15) is 26.7 Å². The molecule has 2 aliphatic rings. The van der Waals surface area contributed by atoms with E-state index in [0.29, 0.717) is 5.92 Å². The Bertz CT molecular complexity index is 326. The molecule has 0 aliphatic carbocycles. The molecular formula is C15H31Cl2N3O2. The number of hydrogen-bond acceptors (Lipinski definition) is 4. The van der Waals surface area contributed by atoms with Crippen molar-refractivity contribution in [1.29, 1.82) is 0 Å². The van der Waals surface area contributed by atoms with E-state index in [2.05, 4.69) is 4.90 Å². The predicted molar refractivity (Wildman–Crippen MR) is 93.9 cm³/mol. The molecule has 0 aromatic carbocycles. The smallest absolute Gasteiger partial charge is 0.239 e. The third-order valence-electron chi connectivity index (χ3n) is 4.45. The summed E-state index contributed by atoms with van der Waals surface area (Å²) < 4.78 is 5.38. The lowest BCUT2D eigenvalue weighted by Gasteiger charge is -2.38. The minimum absolute atomic E-state index is 0. The van der Waals surface area contributed by atoms with Crippen molar-refractivity contribution in [2.75, 3.05) is 45.9 Å². The van der Waals surface area contributed by atoms with Gasteiger partial charge in [-0.1, -0.05) is 13.8 Å². The quantitative estimate of drug-likeness (QED) is 0.827. The van der Waals surface area contributed by atoms with Crippen molar-refractivity contribution in [3.8, 4) is 0 Å². The number of ether oxygens (including phenoxy) is 1. The fourth-order valence-corrected chi connectivity index (χ4v) is 3.06. The molecule has 0 bridgehead atoms. The molecule has 132 valence electrons. The second-order valence-electron chi connectivity index (χ2n) is 6.48. The van der Waals surface area contributed by atoms with Gasteiger partial charge in [0.2, 0.25) is 5.91 Å². The number of nitrogens with two attached hydrogens (primary N) is 1. The zero-order valence-electron chi connectivity index (χ0n) is 13.7. The van der Waals surface area contributed by atoms with Gasteiger partial charge in [-0.25, -0.2) is 0 Å². The number of morpholine rings is 1. The third kappa shape index (κ3) is 6.20. The number of carbonyl (C=O) groups excluding carboxylic acids is 1. The van der Waals surface area contributed by atoms with E-state index in [0.717, 1.165) is 52.4 Å². The van der Waals surface area contributed by atoms with Crippen molar-refractivity contribution in [1.82, 2.24) is 9.80 Å². The molecule has 5 nitrogen and oxygen atoms in total. The first-order valence-electron chi connectivity index (χ1n) is 7.92. The van der Waals surface area contributed by atoms with Crippen molar-refractivity contribution >= 4 is 30.7 Å². The third-order valence-corrected chi connectivity index (χ3v) is 4.45. The summed E-state index contributed by atoms with van der Waals surface area (Å²) in [5, 5.41) is 0. The van der Waals surface area contributed by atoms with E-state index in [9.17, 15) is 4.79 Å². The molecule has 7 heteroatoms. The Balaban J connectivity index is 0.00000220. The van der Waals surface area contributed by atoms with Gasteiger partial charge in [0.25, 0.3) is 0 Å². The first-order valence-corrected chi connectivity index (χ1v) is 7.92. The summed E-state index contributed by atoms with van der Waals surface area (Å²) in [7, 11) is 0. The average Bonchev–Trinajstić information content (AvgIpc) is 2.47. The molecule has 2 aliphatic heterocycles. The molecule has 2 atom stereocenters. The van der Waals surface area contributed by atoms with Gasteiger partial charge in [-0.15, -0.1) is 24.8 Å². The first-order chi connectivity index (χ1) is 9.58. The molecule has 0 aromatic heterocycles. The molecular weight excluding hydrogens is 325 g/mol. The van der Waals surface area contributed by atoms with Gasteiger partial charge in [0.05, 0.1) is 19.3 Å². The molecule has 0 spiro atoms. The highest BCUT2D eigenvalue weighted by atomic mass is 35.5. The molecule has 0 aromatic rings. The number of rotatable bonds is 4. The lowest BCUT2D eigenvalue weighted by atomic mass is 9.95. The Morgan fingerprint density at radius 2 is 1.86 bits per heavy atom. The largest absolute Gasteiger partial charge is 0.379 e. The molecule has 2 saturated heterocycles. The van der Waals surface area contributed by atoms with E-state index >= 15 is 0 Å². The Labute approximate surface area is 146 Å². The summed E-state index contributed by atoms with van der Waals surface area (Å²) in [5.41, 5.74) is 6.00. The second kappa shape index (κ2) is 10.7. The molecule has 2 heterocycles. The minimum Gasteiger partial charge on any atom is -0.379 e. The van der Waals surface area contributed by atoms with Crippen molar-refractivity contribution < 1.29 is 9.53 Å². The summed E-state index contributed by atoms with van der Waals surface area (Å²) in [5.74, 6) is 0.930. The van der Waals surface area contributed by atoms with Crippen LogP contribution in [0.2, 0.25) is 0 Å². The van der Waals surface area contributed by atoms with E-state index < -0.39 is 0 Å². The van der Waals surface area contributed by atoms with Gasteiger partial charge in [-0.05, 0) is 24.7 Å². The number of amides is 1. The van der Waals surface area contributed by atoms with E-state index in [1.165, 1.54) is 6.42 Å². The first kappa shape index (κ1) is 21.9. The average molecular weight is 356 g/mol. The van der Waals surface area contributed by atoms with E-state index in [1.807, 2.05) is 18.7 Å². The number of halogens is 2. The van der Waals surface area contributed by atoms with Crippen LogP contribution in [-0.4, -0.2) is 67.7 Å². The summed E-state index contributed by atoms with van der Waals surface area (Å²) in [4.78, 5) is 16.8. The van der Waals surface area contributed by atoms with Crippen molar-refractivity contribution in [2.45, 2.75) is 32.7 Å². The molecule has 2 N–H and O–H groups in total. The lowest BCUT2D eigenvalue weighted by molar-refractivity contribution is -0.135. The normalized spacial score (nSPS) is 24.4. The van der Waals surface area contributed by atoms with Crippen molar-refractivity contribution in [2.24, 2.45) is 17.6 Å². The van der Waals surface area contributed by atoms with Gasteiger partial charge in [0.1, 0.15) is 0 Å². The molecule has 22 heavy (non-hydrogen) atoms. The summed E-state index contributed by atoms with van der Waals surface area (Å²) >= 11 is 0. The number of carbonyl (C=O) groups is 1. The van der Waals surface area contributed by atoms with Crippen LogP contribution in [-0.2, 0) is 9.53 Å². The maximum absolute atomic E-state index is 12.3. The molecule has 0 saturated carbocycles. The van der Waals surface area contributed by atoms with Gasteiger partial charge < -0.3 is 15.4 Å². The fraction of sp³-hybridized carbons (Fsp3) is 0.933. The van der Waals surface area contributed by atoms with Crippen molar-refractivity contribution in [3.63, 3.8) is 0 Å². The lowest BCUT2D eigenvalue weighted by Crippen LogP contribution is -2.51. The molecule has 2 rings (SSSR count). The summed E-state index contributed by atoms with van der Waals surface area (Å²) in [6.07, 6.45) is 2.32. The van der Waals surface area contributed by atoms with Gasteiger partial charge >= 0.3 is 0 Å². The minimum atomic E-state index is -0.350. The van der Waals surface area contributed by atoms with Crippen LogP contribution in [0.25, 0.3) is 0 Å². The van der Waals surface area contributed by atoms with Crippen LogP contribution in [0.5, 0.6) is 0 Å². The van der Waals surface area contributed by atoms with Crippen LogP contribution in [0.3, 0.4) is 0 Å².